The number of ether oxygens (including phenoxy) is 2. The average molecular weight is 657 g/mol. The average Bonchev–Trinajstić information content (AvgIpc) is 3.34. The maximum absolute atomic E-state index is 14.0. The normalized spacial score (nSPS) is 14.5. The van der Waals surface area contributed by atoms with Crippen molar-refractivity contribution in [3.05, 3.63) is 155 Å². The number of hydrogen-bond donors (Lipinski definition) is 1. The Bertz CT molecular complexity index is 2090. The van der Waals surface area contributed by atoms with Crippen LogP contribution in [0.2, 0.25) is 10.0 Å². The number of allylic oxidation sites excluding steroid dienone is 1. The summed E-state index contributed by atoms with van der Waals surface area (Å²) in [5.74, 6) is 1.00. The van der Waals surface area contributed by atoms with Gasteiger partial charge in [-0.25, -0.2) is 4.99 Å². The van der Waals surface area contributed by atoms with Crippen LogP contribution in [0.3, 0.4) is 0 Å². The van der Waals surface area contributed by atoms with Crippen LogP contribution in [0.15, 0.2) is 118 Å². The fourth-order valence-corrected chi connectivity index (χ4v) is 6.55. The third-order valence-corrected chi connectivity index (χ3v) is 8.89. The van der Waals surface area contributed by atoms with E-state index >= 15 is 0 Å². The van der Waals surface area contributed by atoms with Crippen molar-refractivity contribution >= 4 is 52.2 Å². The number of fused-ring (bicyclic) bond motifs is 1. The van der Waals surface area contributed by atoms with Crippen LogP contribution in [0.4, 0.5) is 5.69 Å². The zero-order chi connectivity index (χ0) is 31.5. The smallest absolute Gasteiger partial charge is 0.271 e. The summed E-state index contributed by atoms with van der Waals surface area (Å²) < 4.78 is 13.3. The number of halogens is 2. The largest absolute Gasteiger partial charge is 0.497 e. The van der Waals surface area contributed by atoms with Gasteiger partial charge in [-0.2, -0.15) is 0 Å². The highest BCUT2D eigenvalue weighted by atomic mass is 35.5. The van der Waals surface area contributed by atoms with E-state index in [-0.39, 0.29) is 11.5 Å². The van der Waals surface area contributed by atoms with Gasteiger partial charge < -0.3 is 14.8 Å². The lowest BCUT2D eigenvalue weighted by Gasteiger charge is -2.25. The lowest BCUT2D eigenvalue weighted by atomic mass is 9.95. The molecule has 10 heteroatoms. The van der Waals surface area contributed by atoms with E-state index < -0.39 is 6.04 Å². The van der Waals surface area contributed by atoms with E-state index in [0.717, 1.165) is 16.7 Å². The number of anilines is 1. The van der Waals surface area contributed by atoms with Crippen molar-refractivity contribution in [3.8, 4) is 11.5 Å². The van der Waals surface area contributed by atoms with Gasteiger partial charge in [0, 0.05) is 21.3 Å². The Morgan fingerprint density at radius 3 is 2.38 bits per heavy atom. The minimum Gasteiger partial charge on any atom is -0.497 e. The minimum atomic E-state index is -0.687. The van der Waals surface area contributed by atoms with Crippen LogP contribution in [-0.4, -0.2) is 17.6 Å². The number of methoxy groups -OCH3 is 1. The molecule has 0 spiro atoms. The van der Waals surface area contributed by atoms with Gasteiger partial charge in [0.25, 0.3) is 11.5 Å². The number of benzene rings is 4. The van der Waals surface area contributed by atoms with Gasteiger partial charge in [0.15, 0.2) is 4.80 Å². The van der Waals surface area contributed by atoms with Crippen molar-refractivity contribution in [2.75, 3.05) is 12.4 Å². The highest BCUT2D eigenvalue weighted by Gasteiger charge is 2.32. The molecular weight excluding hydrogens is 629 g/mol. The first-order valence-corrected chi connectivity index (χ1v) is 15.6. The molecule has 1 aromatic heterocycles. The molecule has 1 aliphatic rings. The number of para-hydroxylation sites is 1. The number of amides is 1. The number of nitrogens with zero attached hydrogens (tertiary/aromatic N) is 2. The Morgan fingerprint density at radius 1 is 0.978 bits per heavy atom. The van der Waals surface area contributed by atoms with E-state index in [1.54, 1.807) is 30.7 Å². The van der Waals surface area contributed by atoms with E-state index in [0.29, 0.717) is 54.4 Å². The Kier molecular flexibility index (Phi) is 8.89. The van der Waals surface area contributed by atoms with E-state index in [1.165, 1.54) is 11.3 Å². The summed E-state index contributed by atoms with van der Waals surface area (Å²) in [6.07, 6.45) is 1.82. The fraction of sp³-hybridized carbons (Fsp3) is 0.114. The molecule has 5 aromatic rings. The second kappa shape index (κ2) is 13.2. The van der Waals surface area contributed by atoms with Crippen molar-refractivity contribution < 1.29 is 14.3 Å². The van der Waals surface area contributed by atoms with Crippen molar-refractivity contribution in [2.45, 2.75) is 19.6 Å². The molecule has 226 valence electrons. The predicted octanol–water partition coefficient (Wildman–Crippen LogP) is 6.77. The maximum Gasteiger partial charge on any atom is 0.271 e. The lowest BCUT2D eigenvalue weighted by Crippen LogP contribution is -2.40. The molecule has 0 saturated heterocycles. The SMILES string of the molecule is COc1ccc([C@@H]2C(C(=O)Nc3ccccc3)=C(C)N=c3s/c(=C/c4ccc(OCc5ccc(Cl)cc5Cl)cc4)c(=O)n32)cc1. The first-order chi connectivity index (χ1) is 21.8. The van der Waals surface area contributed by atoms with Gasteiger partial charge in [-0.1, -0.05) is 83.1 Å². The molecule has 0 bridgehead atoms. The second-order valence-electron chi connectivity index (χ2n) is 10.3. The summed E-state index contributed by atoms with van der Waals surface area (Å²) in [6, 6.07) is 28.6. The molecule has 7 nitrogen and oxygen atoms in total. The van der Waals surface area contributed by atoms with Crippen LogP contribution >= 0.6 is 34.5 Å². The quantitative estimate of drug-likeness (QED) is 0.200. The van der Waals surface area contributed by atoms with E-state index in [9.17, 15) is 9.59 Å². The van der Waals surface area contributed by atoms with Crippen LogP contribution in [-0.2, 0) is 11.4 Å². The second-order valence-corrected chi connectivity index (χ2v) is 12.1. The van der Waals surface area contributed by atoms with Crippen molar-refractivity contribution in [1.82, 2.24) is 4.57 Å². The molecule has 45 heavy (non-hydrogen) atoms. The minimum absolute atomic E-state index is 0.241. The van der Waals surface area contributed by atoms with E-state index in [1.807, 2.05) is 91.0 Å². The predicted molar refractivity (Wildman–Crippen MR) is 179 cm³/mol. The lowest BCUT2D eigenvalue weighted by molar-refractivity contribution is -0.113. The van der Waals surface area contributed by atoms with Crippen molar-refractivity contribution in [3.63, 3.8) is 0 Å². The molecule has 6 rings (SSSR count). The zero-order valence-corrected chi connectivity index (χ0v) is 26.6. The zero-order valence-electron chi connectivity index (χ0n) is 24.3. The number of thiazole rings is 1. The standard InChI is InChI=1S/C35H27Cl2N3O4S/c1-21-31(33(41)39-26-6-4-3-5-7-26)32(23-11-16-27(43-2)17-12-23)40-34(42)30(45-35(40)38-21)18-22-8-14-28(15-9-22)44-20-24-10-13-25(36)19-29(24)37/h3-19,32H,20H2,1-2H3,(H,39,41)/b30-18+/t32-/m1/s1. The van der Waals surface area contributed by atoms with E-state index in [2.05, 4.69) is 5.32 Å². The van der Waals surface area contributed by atoms with Gasteiger partial charge in [-0.15, -0.1) is 0 Å². The molecule has 0 radical (unpaired) electrons. The number of nitrogens with one attached hydrogen (secondary N) is 1. The first kappa shape index (κ1) is 30.4. The third kappa shape index (κ3) is 6.59. The highest BCUT2D eigenvalue weighted by Crippen LogP contribution is 2.32. The number of carbonyl (C=O) groups is 1. The molecule has 1 N–H and O–H groups in total. The van der Waals surface area contributed by atoms with Crippen LogP contribution < -0.4 is 29.7 Å². The van der Waals surface area contributed by atoms with Crippen LogP contribution in [0.1, 0.15) is 29.7 Å². The molecule has 4 aromatic carbocycles. The van der Waals surface area contributed by atoms with Crippen molar-refractivity contribution in [2.24, 2.45) is 4.99 Å². The number of rotatable bonds is 8. The molecule has 1 atom stereocenters. The summed E-state index contributed by atoms with van der Waals surface area (Å²) in [4.78, 5) is 32.9. The van der Waals surface area contributed by atoms with Gasteiger partial charge in [-0.05, 0) is 72.7 Å². The number of hydrogen-bond acceptors (Lipinski definition) is 6. The Balaban J connectivity index is 1.33. The van der Waals surface area contributed by atoms with Gasteiger partial charge in [0.1, 0.15) is 18.1 Å². The number of carbonyl (C=O) groups excluding carboxylic acids is 1. The molecule has 0 unspecified atom stereocenters. The van der Waals surface area contributed by atoms with Crippen LogP contribution in [0, 0.1) is 0 Å². The summed E-state index contributed by atoms with van der Waals surface area (Å²) in [5.41, 5.74) is 3.75. The number of aromatic nitrogens is 1. The van der Waals surface area contributed by atoms with Crippen LogP contribution in [0.25, 0.3) is 6.08 Å². The van der Waals surface area contributed by atoms with Gasteiger partial charge in [0.2, 0.25) is 0 Å². The van der Waals surface area contributed by atoms with E-state index in [4.69, 9.17) is 37.7 Å². The first-order valence-electron chi connectivity index (χ1n) is 14.0. The maximum atomic E-state index is 14.0. The van der Waals surface area contributed by atoms with Gasteiger partial charge in [-0.3, -0.25) is 14.2 Å². The van der Waals surface area contributed by atoms with Crippen LogP contribution in [0.5, 0.6) is 11.5 Å². The summed E-state index contributed by atoms with van der Waals surface area (Å²) >= 11 is 13.5. The monoisotopic (exact) mass is 655 g/mol. The Hall–Kier alpha value is -4.63. The summed E-state index contributed by atoms with van der Waals surface area (Å²) in [5, 5.41) is 4.07. The molecule has 0 aliphatic carbocycles. The summed E-state index contributed by atoms with van der Waals surface area (Å²) in [7, 11) is 1.59. The molecule has 2 heterocycles. The molecule has 1 amide bonds. The molecule has 0 fully saturated rings. The Morgan fingerprint density at radius 2 is 1.69 bits per heavy atom. The molecule has 1 aliphatic heterocycles. The topological polar surface area (TPSA) is 81.9 Å². The van der Waals surface area contributed by atoms with Gasteiger partial charge >= 0.3 is 0 Å². The van der Waals surface area contributed by atoms with Crippen molar-refractivity contribution in [1.29, 1.82) is 0 Å². The van der Waals surface area contributed by atoms with Gasteiger partial charge in [0.05, 0.1) is 29.0 Å². The highest BCUT2D eigenvalue weighted by molar-refractivity contribution is 7.07. The fourth-order valence-electron chi connectivity index (χ4n) is 5.04. The molecule has 0 saturated carbocycles. The summed E-state index contributed by atoms with van der Waals surface area (Å²) in [6.45, 7) is 2.09. The molecular formula is C35H27Cl2N3O4S. The third-order valence-electron chi connectivity index (χ3n) is 7.32. The Labute approximate surface area is 273 Å².